The van der Waals surface area contributed by atoms with Crippen molar-refractivity contribution >= 4 is 44.0 Å². The average Bonchev–Trinajstić information content (AvgIpc) is 2.92. The topological polar surface area (TPSA) is 57.7 Å². The van der Waals surface area contributed by atoms with Crippen LogP contribution >= 0.6 is 11.6 Å². The lowest BCUT2D eigenvalue weighted by Gasteiger charge is -2.27. The lowest BCUT2D eigenvalue weighted by molar-refractivity contribution is 0.0994. The summed E-state index contributed by atoms with van der Waals surface area (Å²) in [5.74, 6) is -0.127. The third kappa shape index (κ3) is 2.39. The molecule has 2 aliphatic heterocycles. The van der Waals surface area contributed by atoms with E-state index in [9.17, 15) is 13.2 Å². The molecule has 1 amide bonds. The smallest absolute Gasteiger partial charge is 0.259 e. The minimum atomic E-state index is -3.64. The minimum absolute atomic E-state index is 0.127. The first-order valence-electron chi connectivity index (χ1n) is 8.54. The van der Waals surface area contributed by atoms with Crippen molar-refractivity contribution < 1.29 is 13.2 Å². The van der Waals surface area contributed by atoms with Crippen LogP contribution < -0.4 is 4.90 Å². The Hall–Kier alpha value is -1.63. The van der Waals surface area contributed by atoms with Gasteiger partial charge in [0.15, 0.2) is 0 Å². The predicted molar refractivity (Wildman–Crippen MR) is 98.9 cm³/mol. The van der Waals surface area contributed by atoms with E-state index in [4.69, 9.17) is 11.6 Å². The van der Waals surface area contributed by atoms with Crippen LogP contribution in [0.3, 0.4) is 0 Å². The summed E-state index contributed by atoms with van der Waals surface area (Å²) in [6.07, 6.45) is 2.79. The number of carbonyl (C=O) groups excluding carboxylic acids is 1. The molecule has 5 nitrogen and oxygen atoms in total. The Morgan fingerprint density at radius 3 is 2.56 bits per heavy atom. The maximum Gasteiger partial charge on any atom is 0.259 e. The van der Waals surface area contributed by atoms with E-state index in [0.717, 1.165) is 19.3 Å². The van der Waals surface area contributed by atoms with Gasteiger partial charge in [0.05, 0.1) is 15.6 Å². The van der Waals surface area contributed by atoms with Gasteiger partial charge in [-0.1, -0.05) is 30.2 Å². The second kappa shape index (κ2) is 5.97. The van der Waals surface area contributed by atoms with Crippen LogP contribution in [0.5, 0.6) is 0 Å². The Morgan fingerprint density at radius 2 is 1.88 bits per heavy atom. The van der Waals surface area contributed by atoms with Crippen molar-refractivity contribution in [3.8, 4) is 0 Å². The van der Waals surface area contributed by atoms with Crippen LogP contribution in [0, 0.1) is 0 Å². The number of hydrogen-bond donors (Lipinski definition) is 0. The summed E-state index contributed by atoms with van der Waals surface area (Å²) in [6.45, 7) is 3.43. The van der Waals surface area contributed by atoms with Gasteiger partial charge in [-0.05, 0) is 31.9 Å². The summed E-state index contributed by atoms with van der Waals surface area (Å²) in [6, 6.07) is 6.75. The van der Waals surface area contributed by atoms with Crippen molar-refractivity contribution in [2.75, 3.05) is 24.5 Å². The van der Waals surface area contributed by atoms with E-state index in [2.05, 4.69) is 0 Å². The molecule has 2 aromatic rings. The molecule has 0 aromatic heterocycles. The molecule has 2 aromatic carbocycles. The number of nitrogens with zero attached hydrogens (tertiary/aromatic N) is 2. The first-order chi connectivity index (χ1) is 12.0. The summed E-state index contributed by atoms with van der Waals surface area (Å²) in [5.41, 5.74) is 1.14. The van der Waals surface area contributed by atoms with Gasteiger partial charge >= 0.3 is 0 Å². The Bertz CT molecular complexity index is 981. The van der Waals surface area contributed by atoms with Gasteiger partial charge in [-0.2, -0.15) is 4.31 Å². The fourth-order valence-electron chi connectivity index (χ4n) is 3.84. The van der Waals surface area contributed by atoms with E-state index < -0.39 is 10.0 Å². The van der Waals surface area contributed by atoms with Gasteiger partial charge in [0.1, 0.15) is 0 Å². The summed E-state index contributed by atoms with van der Waals surface area (Å²) < 4.78 is 27.9. The number of benzene rings is 2. The van der Waals surface area contributed by atoms with E-state index in [-0.39, 0.29) is 10.8 Å². The maximum absolute atomic E-state index is 13.2. The van der Waals surface area contributed by atoms with Crippen LogP contribution in [0.4, 0.5) is 5.69 Å². The lowest BCUT2D eigenvalue weighted by Crippen LogP contribution is -2.35. The van der Waals surface area contributed by atoms with Crippen molar-refractivity contribution in [3.63, 3.8) is 0 Å². The van der Waals surface area contributed by atoms with Crippen LogP contribution in [0.15, 0.2) is 29.2 Å². The molecule has 0 bridgehead atoms. The highest BCUT2D eigenvalue weighted by Crippen LogP contribution is 2.45. The SMILES string of the molecule is CCN1C(=O)c2cccc3c(S(=O)(=O)N4CCCCC4)cc(Cl)c1c23. The number of anilines is 1. The second-order valence-corrected chi connectivity index (χ2v) is 8.76. The highest BCUT2D eigenvalue weighted by molar-refractivity contribution is 7.89. The fraction of sp³-hybridized carbons (Fsp3) is 0.389. The summed E-state index contributed by atoms with van der Waals surface area (Å²) in [5, 5.41) is 1.53. The van der Waals surface area contributed by atoms with Gasteiger partial charge in [-0.25, -0.2) is 8.42 Å². The van der Waals surface area contributed by atoms with Gasteiger partial charge in [0.2, 0.25) is 10.0 Å². The molecule has 2 aliphatic rings. The van der Waals surface area contributed by atoms with E-state index in [1.165, 1.54) is 10.4 Å². The first kappa shape index (κ1) is 16.8. The number of carbonyl (C=O) groups is 1. The normalized spacial score (nSPS) is 18.3. The predicted octanol–water partition coefficient (Wildman–Crippen LogP) is 3.65. The molecule has 2 heterocycles. The molecule has 1 saturated heterocycles. The van der Waals surface area contributed by atoms with Gasteiger partial charge in [0, 0.05) is 36.0 Å². The van der Waals surface area contributed by atoms with E-state index in [1.807, 2.05) is 6.92 Å². The molecule has 0 aliphatic carbocycles. The molecule has 1 fully saturated rings. The molecule has 7 heteroatoms. The van der Waals surface area contributed by atoms with Crippen molar-refractivity contribution in [2.45, 2.75) is 31.1 Å². The Kier molecular flexibility index (Phi) is 4.02. The van der Waals surface area contributed by atoms with Crippen molar-refractivity contribution in [1.82, 2.24) is 4.31 Å². The van der Waals surface area contributed by atoms with Gasteiger partial charge in [-0.3, -0.25) is 4.79 Å². The van der Waals surface area contributed by atoms with Crippen LogP contribution in [-0.2, 0) is 10.0 Å². The van der Waals surface area contributed by atoms with Crippen molar-refractivity contribution in [2.24, 2.45) is 0 Å². The van der Waals surface area contributed by atoms with E-state index in [1.54, 1.807) is 23.1 Å². The zero-order valence-electron chi connectivity index (χ0n) is 14.0. The number of sulfonamides is 1. The van der Waals surface area contributed by atoms with Crippen molar-refractivity contribution in [3.05, 3.63) is 34.9 Å². The quantitative estimate of drug-likeness (QED) is 0.819. The standard InChI is InChI=1S/C18H19ClN2O3S/c1-2-21-17-14(19)11-15(25(23,24)20-9-4-3-5-10-20)12-7-6-8-13(16(12)17)18(21)22/h6-8,11H,2-5,9-10H2,1H3. The minimum Gasteiger partial charge on any atom is -0.307 e. The highest BCUT2D eigenvalue weighted by Gasteiger charge is 2.35. The summed E-state index contributed by atoms with van der Waals surface area (Å²) in [4.78, 5) is 14.4. The number of halogens is 1. The van der Waals surface area contributed by atoms with Crippen LogP contribution in [0.25, 0.3) is 10.8 Å². The molecule has 0 spiro atoms. The average molecular weight is 379 g/mol. The Morgan fingerprint density at radius 1 is 1.16 bits per heavy atom. The zero-order valence-corrected chi connectivity index (χ0v) is 15.5. The molecule has 0 radical (unpaired) electrons. The maximum atomic E-state index is 13.2. The second-order valence-electron chi connectivity index (χ2n) is 6.45. The molecule has 132 valence electrons. The van der Waals surface area contributed by atoms with Gasteiger partial charge < -0.3 is 4.90 Å². The molecule has 0 N–H and O–H groups in total. The third-order valence-electron chi connectivity index (χ3n) is 5.05. The molecular weight excluding hydrogens is 360 g/mol. The fourth-order valence-corrected chi connectivity index (χ4v) is 5.94. The van der Waals surface area contributed by atoms with E-state index >= 15 is 0 Å². The highest BCUT2D eigenvalue weighted by atomic mass is 35.5. The van der Waals surface area contributed by atoms with Crippen LogP contribution in [-0.4, -0.2) is 38.3 Å². The summed E-state index contributed by atoms with van der Waals surface area (Å²) in [7, 11) is -3.64. The number of rotatable bonds is 3. The number of piperidine rings is 1. The summed E-state index contributed by atoms with van der Waals surface area (Å²) >= 11 is 6.45. The largest absolute Gasteiger partial charge is 0.307 e. The number of hydrogen-bond acceptors (Lipinski definition) is 3. The van der Waals surface area contributed by atoms with Crippen LogP contribution in [0.2, 0.25) is 5.02 Å². The first-order valence-corrected chi connectivity index (χ1v) is 10.4. The molecule has 4 rings (SSSR count). The Balaban J connectivity index is 1.99. The molecule has 0 atom stereocenters. The lowest BCUT2D eigenvalue weighted by atomic mass is 10.1. The van der Waals surface area contributed by atoms with E-state index in [0.29, 0.717) is 46.7 Å². The van der Waals surface area contributed by atoms with Crippen LogP contribution in [0.1, 0.15) is 36.5 Å². The molecule has 0 unspecified atom stereocenters. The van der Waals surface area contributed by atoms with Crippen molar-refractivity contribution in [1.29, 1.82) is 0 Å². The monoisotopic (exact) mass is 378 g/mol. The zero-order chi connectivity index (χ0) is 17.8. The Labute approximate surface area is 152 Å². The number of amides is 1. The molecule has 25 heavy (non-hydrogen) atoms. The molecular formula is C18H19ClN2O3S. The van der Waals surface area contributed by atoms with Gasteiger partial charge in [0.25, 0.3) is 5.91 Å². The third-order valence-corrected chi connectivity index (χ3v) is 7.27. The molecule has 0 saturated carbocycles. The van der Waals surface area contributed by atoms with Gasteiger partial charge in [-0.15, -0.1) is 0 Å².